The van der Waals surface area contributed by atoms with E-state index in [0.717, 1.165) is 25.7 Å². The number of methoxy groups -OCH3 is 1. The van der Waals surface area contributed by atoms with E-state index >= 15 is 0 Å². The molecule has 0 aliphatic carbocycles. The maximum atomic E-state index is 12.2. The van der Waals surface area contributed by atoms with E-state index in [1.807, 2.05) is 0 Å². The molecule has 0 bridgehead atoms. The Bertz CT molecular complexity index is 496. The summed E-state index contributed by atoms with van der Waals surface area (Å²) in [5, 5.41) is 13.9. The molecular weight excluding hydrogens is 272 g/mol. The Morgan fingerprint density at radius 3 is 2.43 bits per heavy atom. The zero-order valence-corrected chi connectivity index (χ0v) is 12.7. The van der Waals surface area contributed by atoms with E-state index in [9.17, 15) is 14.9 Å². The van der Waals surface area contributed by atoms with Crippen LogP contribution in [0.15, 0.2) is 18.2 Å². The largest absolute Gasteiger partial charge is 0.490 e. The minimum absolute atomic E-state index is 0.105. The summed E-state index contributed by atoms with van der Waals surface area (Å²) in [4.78, 5) is 22.6. The first kappa shape index (κ1) is 16.9. The molecule has 0 unspecified atom stereocenters. The lowest BCUT2D eigenvalue weighted by molar-refractivity contribution is -0.385. The number of carbonyl (C=O) groups excluding carboxylic acids is 1. The average molecular weight is 294 g/mol. The molecular formula is C15H22N2O4. The van der Waals surface area contributed by atoms with Crippen LogP contribution in [-0.2, 0) is 0 Å². The first-order valence-electron chi connectivity index (χ1n) is 7.16. The van der Waals surface area contributed by atoms with E-state index in [-0.39, 0.29) is 28.9 Å². The van der Waals surface area contributed by atoms with Gasteiger partial charge in [-0.05, 0) is 25.0 Å². The van der Waals surface area contributed by atoms with Crippen molar-refractivity contribution in [2.75, 3.05) is 7.11 Å². The number of benzene rings is 1. The number of ether oxygens (including phenoxy) is 1. The molecule has 6 heteroatoms. The molecule has 1 N–H and O–H groups in total. The molecule has 116 valence electrons. The van der Waals surface area contributed by atoms with Gasteiger partial charge >= 0.3 is 5.69 Å². The van der Waals surface area contributed by atoms with Gasteiger partial charge in [0.05, 0.1) is 12.0 Å². The second-order valence-corrected chi connectivity index (χ2v) is 4.89. The SMILES string of the molecule is CCCC(CCC)NC(=O)c1ccc(OC)c([N+](=O)[O-])c1. The smallest absolute Gasteiger partial charge is 0.311 e. The third-order valence-corrected chi connectivity index (χ3v) is 3.25. The number of rotatable bonds is 8. The molecule has 0 aliphatic rings. The van der Waals surface area contributed by atoms with Crippen LogP contribution < -0.4 is 10.1 Å². The van der Waals surface area contributed by atoms with Crippen molar-refractivity contribution in [3.8, 4) is 5.75 Å². The van der Waals surface area contributed by atoms with Gasteiger partial charge in [0, 0.05) is 17.7 Å². The Morgan fingerprint density at radius 2 is 1.95 bits per heavy atom. The predicted octanol–water partition coefficient (Wildman–Crippen LogP) is 3.30. The Kier molecular flexibility index (Phi) is 6.65. The van der Waals surface area contributed by atoms with Gasteiger partial charge in [0.1, 0.15) is 0 Å². The Balaban J connectivity index is 2.91. The standard InChI is InChI=1S/C15H22N2O4/c1-4-6-12(7-5-2)16-15(18)11-8-9-14(21-3)13(10-11)17(19)20/h8-10,12H,4-7H2,1-3H3,(H,16,18). The number of nitrogens with zero attached hydrogens (tertiary/aromatic N) is 1. The van der Waals surface area contributed by atoms with E-state index in [1.165, 1.54) is 25.3 Å². The fraction of sp³-hybridized carbons (Fsp3) is 0.533. The van der Waals surface area contributed by atoms with Gasteiger partial charge in [-0.1, -0.05) is 26.7 Å². The zero-order chi connectivity index (χ0) is 15.8. The number of hydrogen-bond donors (Lipinski definition) is 1. The van der Waals surface area contributed by atoms with Crippen LogP contribution in [0.1, 0.15) is 49.9 Å². The number of hydrogen-bond acceptors (Lipinski definition) is 4. The first-order chi connectivity index (χ1) is 10.0. The quantitative estimate of drug-likeness (QED) is 0.589. The highest BCUT2D eigenvalue weighted by atomic mass is 16.6. The highest BCUT2D eigenvalue weighted by molar-refractivity contribution is 5.95. The van der Waals surface area contributed by atoms with Gasteiger partial charge < -0.3 is 10.1 Å². The fourth-order valence-electron chi connectivity index (χ4n) is 2.23. The predicted molar refractivity (Wildman–Crippen MR) is 80.7 cm³/mol. The van der Waals surface area contributed by atoms with Crippen molar-refractivity contribution in [3.05, 3.63) is 33.9 Å². The molecule has 0 saturated heterocycles. The first-order valence-corrected chi connectivity index (χ1v) is 7.16. The highest BCUT2D eigenvalue weighted by Gasteiger charge is 2.19. The third-order valence-electron chi connectivity index (χ3n) is 3.25. The number of amides is 1. The summed E-state index contributed by atoms with van der Waals surface area (Å²) in [6, 6.07) is 4.34. The van der Waals surface area contributed by atoms with Crippen LogP contribution in [0.3, 0.4) is 0 Å². The Hall–Kier alpha value is -2.11. The van der Waals surface area contributed by atoms with Crippen LogP contribution >= 0.6 is 0 Å². The van der Waals surface area contributed by atoms with Crippen LogP contribution in [0.2, 0.25) is 0 Å². The van der Waals surface area contributed by atoms with E-state index in [0.29, 0.717) is 0 Å². The van der Waals surface area contributed by atoms with E-state index < -0.39 is 4.92 Å². The molecule has 21 heavy (non-hydrogen) atoms. The topological polar surface area (TPSA) is 81.5 Å². The summed E-state index contributed by atoms with van der Waals surface area (Å²) in [6.45, 7) is 4.13. The minimum Gasteiger partial charge on any atom is -0.490 e. The molecule has 1 aromatic carbocycles. The summed E-state index contributed by atoms with van der Waals surface area (Å²) in [5.41, 5.74) is 0.0763. The average Bonchev–Trinajstić information content (AvgIpc) is 2.46. The van der Waals surface area contributed by atoms with Gasteiger partial charge in [-0.3, -0.25) is 14.9 Å². The number of nitro groups is 1. The molecule has 0 saturated carbocycles. The lowest BCUT2D eigenvalue weighted by atomic mass is 10.1. The Labute approximate surface area is 124 Å². The molecule has 1 amide bonds. The molecule has 0 fully saturated rings. The molecule has 0 atom stereocenters. The number of nitrogens with one attached hydrogen (secondary N) is 1. The van der Waals surface area contributed by atoms with Crippen LogP contribution in [0.5, 0.6) is 5.75 Å². The highest BCUT2D eigenvalue weighted by Crippen LogP contribution is 2.27. The zero-order valence-electron chi connectivity index (χ0n) is 12.7. The molecule has 0 aromatic heterocycles. The van der Waals surface area contributed by atoms with Crippen molar-refractivity contribution in [2.45, 2.75) is 45.6 Å². The minimum atomic E-state index is -0.550. The maximum Gasteiger partial charge on any atom is 0.311 e. The number of carbonyl (C=O) groups is 1. The third kappa shape index (κ3) is 4.73. The number of nitro benzene ring substituents is 1. The van der Waals surface area contributed by atoms with Crippen molar-refractivity contribution in [1.82, 2.24) is 5.32 Å². The maximum absolute atomic E-state index is 12.2. The second kappa shape index (κ2) is 8.24. The summed E-state index contributed by atoms with van der Waals surface area (Å²) >= 11 is 0. The Morgan fingerprint density at radius 1 is 1.33 bits per heavy atom. The summed E-state index contributed by atoms with van der Waals surface area (Å²) in [5.74, 6) is -0.136. The van der Waals surface area contributed by atoms with Gasteiger partial charge in [-0.25, -0.2) is 0 Å². The molecule has 0 aliphatic heterocycles. The summed E-state index contributed by atoms with van der Waals surface area (Å²) in [7, 11) is 1.36. The van der Waals surface area contributed by atoms with E-state index in [2.05, 4.69) is 19.2 Å². The van der Waals surface area contributed by atoms with Crippen molar-refractivity contribution in [2.24, 2.45) is 0 Å². The molecule has 1 aromatic rings. The van der Waals surface area contributed by atoms with Crippen molar-refractivity contribution in [1.29, 1.82) is 0 Å². The molecule has 0 spiro atoms. The monoisotopic (exact) mass is 294 g/mol. The molecule has 0 radical (unpaired) electrons. The molecule has 1 rings (SSSR count). The van der Waals surface area contributed by atoms with Gasteiger partial charge in [-0.15, -0.1) is 0 Å². The van der Waals surface area contributed by atoms with E-state index in [4.69, 9.17) is 4.74 Å². The van der Waals surface area contributed by atoms with Gasteiger partial charge in [0.25, 0.3) is 5.91 Å². The van der Waals surface area contributed by atoms with Gasteiger partial charge in [0.2, 0.25) is 0 Å². The van der Waals surface area contributed by atoms with Gasteiger partial charge in [-0.2, -0.15) is 0 Å². The van der Waals surface area contributed by atoms with Crippen molar-refractivity contribution >= 4 is 11.6 Å². The van der Waals surface area contributed by atoms with Crippen LogP contribution in [0.25, 0.3) is 0 Å². The summed E-state index contributed by atoms with van der Waals surface area (Å²) < 4.78 is 4.93. The van der Waals surface area contributed by atoms with Crippen LogP contribution in [0, 0.1) is 10.1 Å². The van der Waals surface area contributed by atoms with E-state index in [1.54, 1.807) is 0 Å². The van der Waals surface area contributed by atoms with Crippen molar-refractivity contribution < 1.29 is 14.5 Å². The fourth-order valence-corrected chi connectivity index (χ4v) is 2.23. The molecule has 0 heterocycles. The molecule has 6 nitrogen and oxygen atoms in total. The lowest BCUT2D eigenvalue weighted by Crippen LogP contribution is -2.34. The van der Waals surface area contributed by atoms with Crippen molar-refractivity contribution in [3.63, 3.8) is 0 Å². The summed E-state index contributed by atoms with van der Waals surface area (Å²) in [6.07, 6.45) is 3.76. The van der Waals surface area contributed by atoms with Crippen LogP contribution in [0.4, 0.5) is 5.69 Å². The second-order valence-electron chi connectivity index (χ2n) is 4.89. The lowest BCUT2D eigenvalue weighted by Gasteiger charge is -2.17. The van der Waals surface area contributed by atoms with Crippen LogP contribution in [-0.4, -0.2) is 24.0 Å². The van der Waals surface area contributed by atoms with Gasteiger partial charge in [0.15, 0.2) is 5.75 Å². The normalized spacial score (nSPS) is 10.5.